The molecule has 0 atom stereocenters. The van der Waals surface area contributed by atoms with Gasteiger partial charge < -0.3 is 4.74 Å². The highest BCUT2D eigenvalue weighted by Gasteiger charge is 2.07. The van der Waals surface area contributed by atoms with Gasteiger partial charge >= 0.3 is 0 Å². The molecule has 0 fully saturated rings. The van der Waals surface area contributed by atoms with Gasteiger partial charge in [0.1, 0.15) is 5.75 Å². The molecule has 1 aromatic heterocycles. The maximum atomic E-state index is 11.9. The van der Waals surface area contributed by atoms with Crippen LogP contribution in [0, 0.1) is 0 Å². The zero-order chi connectivity index (χ0) is 13.7. The van der Waals surface area contributed by atoms with Gasteiger partial charge in [-0.1, -0.05) is 42.8 Å². The fourth-order valence-electron chi connectivity index (χ4n) is 1.63. The lowest BCUT2D eigenvalue weighted by atomic mass is 10.1. The third-order valence-electron chi connectivity index (χ3n) is 2.73. The molecule has 0 N–H and O–H groups in total. The number of ether oxygens (including phenoxy) is 1. The second-order valence-electron chi connectivity index (χ2n) is 4.10. The normalized spacial score (nSPS) is 10.2. The topological polar surface area (TPSA) is 39.2 Å². The van der Waals surface area contributed by atoms with Crippen molar-refractivity contribution < 1.29 is 9.53 Å². The molecule has 2 rings (SSSR count). The fraction of sp³-hybridized carbons (Fsp3) is 0.200. The summed E-state index contributed by atoms with van der Waals surface area (Å²) < 4.78 is 5.36. The van der Waals surface area contributed by atoms with Gasteiger partial charge in [-0.3, -0.25) is 9.78 Å². The molecular weight excluding hydrogens is 262 g/mol. The van der Waals surface area contributed by atoms with Crippen LogP contribution < -0.4 is 4.74 Å². The summed E-state index contributed by atoms with van der Waals surface area (Å²) in [6.45, 7) is 2.06. The first kappa shape index (κ1) is 13.6. The number of aromatic nitrogens is 1. The Morgan fingerprint density at radius 1 is 1.26 bits per heavy atom. The Labute approximate surface area is 117 Å². The first-order valence-corrected chi connectivity index (χ1v) is 6.42. The van der Waals surface area contributed by atoms with Crippen molar-refractivity contribution in [3.8, 4) is 5.75 Å². The van der Waals surface area contributed by atoms with E-state index in [1.165, 1.54) is 18.0 Å². The molecular formula is C15H14ClNO2. The van der Waals surface area contributed by atoms with Crippen molar-refractivity contribution in [1.29, 1.82) is 0 Å². The van der Waals surface area contributed by atoms with Crippen LogP contribution in [-0.4, -0.2) is 17.4 Å². The molecule has 2 aromatic rings. The number of hydrogen-bond donors (Lipinski definition) is 0. The molecule has 0 amide bonds. The van der Waals surface area contributed by atoms with Gasteiger partial charge in [0, 0.05) is 17.8 Å². The summed E-state index contributed by atoms with van der Waals surface area (Å²) in [6, 6.07) is 9.17. The molecule has 0 aliphatic rings. The van der Waals surface area contributed by atoms with Gasteiger partial charge in [0.25, 0.3) is 0 Å². The van der Waals surface area contributed by atoms with Crippen molar-refractivity contribution in [3.63, 3.8) is 0 Å². The minimum Gasteiger partial charge on any atom is -0.484 e. The van der Waals surface area contributed by atoms with Crippen LogP contribution in [0.15, 0.2) is 42.7 Å². The number of carbonyl (C=O) groups is 1. The highest BCUT2D eigenvalue weighted by atomic mass is 35.5. The van der Waals surface area contributed by atoms with Crippen molar-refractivity contribution in [2.75, 3.05) is 6.61 Å². The molecule has 3 nitrogen and oxygen atoms in total. The van der Waals surface area contributed by atoms with Crippen LogP contribution in [0.3, 0.4) is 0 Å². The zero-order valence-electron chi connectivity index (χ0n) is 10.6. The van der Waals surface area contributed by atoms with E-state index in [-0.39, 0.29) is 12.4 Å². The van der Waals surface area contributed by atoms with Gasteiger partial charge in [-0.05, 0) is 12.0 Å². The van der Waals surface area contributed by atoms with E-state index in [0.717, 1.165) is 6.42 Å². The Morgan fingerprint density at radius 2 is 2.00 bits per heavy atom. The Bertz CT molecular complexity index is 567. The molecule has 0 saturated heterocycles. The van der Waals surface area contributed by atoms with Crippen molar-refractivity contribution in [1.82, 2.24) is 4.98 Å². The van der Waals surface area contributed by atoms with Gasteiger partial charge in [-0.15, -0.1) is 0 Å². The predicted molar refractivity (Wildman–Crippen MR) is 74.9 cm³/mol. The van der Waals surface area contributed by atoms with Gasteiger partial charge in [0.05, 0.1) is 11.2 Å². The maximum Gasteiger partial charge on any atom is 0.200 e. The number of pyridine rings is 1. The summed E-state index contributed by atoms with van der Waals surface area (Å²) in [6.07, 6.45) is 4.00. The Kier molecular flexibility index (Phi) is 4.53. The van der Waals surface area contributed by atoms with Gasteiger partial charge in [-0.2, -0.15) is 0 Å². The summed E-state index contributed by atoms with van der Waals surface area (Å²) in [7, 11) is 0. The molecule has 0 aliphatic carbocycles. The Balaban J connectivity index is 1.97. The maximum absolute atomic E-state index is 11.9. The van der Waals surface area contributed by atoms with Crippen molar-refractivity contribution >= 4 is 17.4 Å². The number of Topliss-reactive ketones (excluding diaryl/α,β-unsaturated/α-hetero) is 1. The molecule has 0 unspecified atom stereocenters. The quantitative estimate of drug-likeness (QED) is 0.783. The van der Waals surface area contributed by atoms with Gasteiger partial charge in [-0.25, -0.2) is 0 Å². The Morgan fingerprint density at radius 3 is 2.63 bits per heavy atom. The minimum absolute atomic E-state index is 0.0203. The summed E-state index contributed by atoms with van der Waals surface area (Å²) in [4.78, 5) is 15.8. The van der Waals surface area contributed by atoms with Crippen LogP contribution in [0.25, 0.3) is 0 Å². The monoisotopic (exact) mass is 275 g/mol. The third-order valence-corrected chi connectivity index (χ3v) is 2.94. The lowest BCUT2D eigenvalue weighted by Crippen LogP contribution is -2.11. The summed E-state index contributed by atoms with van der Waals surface area (Å²) >= 11 is 5.78. The average Bonchev–Trinajstić information content (AvgIpc) is 2.45. The summed E-state index contributed by atoms with van der Waals surface area (Å²) in [5.74, 6) is 0.425. The van der Waals surface area contributed by atoms with E-state index < -0.39 is 0 Å². The molecule has 1 heterocycles. The lowest BCUT2D eigenvalue weighted by molar-refractivity contribution is 0.0921. The molecule has 0 aliphatic heterocycles. The minimum atomic E-state index is -0.0670. The van der Waals surface area contributed by atoms with Crippen LogP contribution in [0.2, 0.25) is 5.02 Å². The van der Waals surface area contributed by atoms with Crippen LogP contribution in [0.1, 0.15) is 22.8 Å². The van der Waals surface area contributed by atoms with Crippen molar-refractivity contribution in [3.05, 3.63) is 58.9 Å². The largest absolute Gasteiger partial charge is 0.484 e. The smallest absolute Gasteiger partial charge is 0.200 e. The first-order chi connectivity index (χ1) is 9.19. The van der Waals surface area contributed by atoms with E-state index in [1.807, 2.05) is 24.3 Å². The summed E-state index contributed by atoms with van der Waals surface area (Å²) in [5.41, 5.74) is 1.85. The fourth-order valence-corrected chi connectivity index (χ4v) is 1.79. The van der Waals surface area contributed by atoms with Gasteiger partial charge in [0.2, 0.25) is 0 Å². The number of rotatable bonds is 5. The van der Waals surface area contributed by atoms with Crippen molar-refractivity contribution in [2.45, 2.75) is 13.3 Å². The molecule has 0 radical (unpaired) electrons. The zero-order valence-corrected chi connectivity index (χ0v) is 11.4. The Hall–Kier alpha value is -1.87. The van der Waals surface area contributed by atoms with E-state index in [4.69, 9.17) is 16.3 Å². The van der Waals surface area contributed by atoms with E-state index in [9.17, 15) is 4.79 Å². The molecule has 0 bridgehead atoms. The second-order valence-corrected chi connectivity index (χ2v) is 4.54. The summed E-state index contributed by atoms with van der Waals surface area (Å²) in [5, 5.41) is 0.484. The molecule has 0 spiro atoms. The predicted octanol–water partition coefficient (Wildman–Crippen LogP) is 3.56. The SMILES string of the molecule is CCc1ccc(C(=O)COc2cncc(Cl)c2)cc1. The molecule has 4 heteroatoms. The standard InChI is InChI=1S/C15H14ClNO2/c1-2-11-3-5-12(6-4-11)15(18)10-19-14-7-13(16)8-17-9-14/h3-9H,2,10H2,1H3. The molecule has 98 valence electrons. The van der Waals surface area contributed by atoms with E-state index >= 15 is 0 Å². The number of benzene rings is 1. The lowest BCUT2D eigenvalue weighted by Gasteiger charge is -2.06. The highest BCUT2D eigenvalue weighted by molar-refractivity contribution is 6.30. The van der Waals surface area contributed by atoms with E-state index in [0.29, 0.717) is 16.3 Å². The number of hydrogen-bond acceptors (Lipinski definition) is 3. The number of carbonyl (C=O) groups excluding carboxylic acids is 1. The van der Waals surface area contributed by atoms with Crippen LogP contribution in [0.4, 0.5) is 0 Å². The van der Waals surface area contributed by atoms with Crippen molar-refractivity contribution in [2.24, 2.45) is 0 Å². The van der Waals surface area contributed by atoms with Gasteiger partial charge in [0.15, 0.2) is 12.4 Å². The first-order valence-electron chi connectivity index (χ1n) is 6.04. The number of halogens is 1. The van der Waals surface area contributed by atoms with E-state index in [2.05, 4.69) is 11.9 Å². The van der Waals surface area contributed by atoms with Crippen LogP contribution in [-0.2, 0) is 6.42 Å². The van der Waals surface area contributed by atoms with Crippen LogP contribution in [0.5, 0.6) is 5.75 Å². The average molecular weight is 276 g/mol. The molecule has 0 saturated carbocycles. The second kappa shape index (κ2) is 6.34. The van der Waals surface area contributed by atoms with E-state index in [1.54, 1.807) is 6.07 Å². The number of ketones is 1. The third kappa shape index (κ3) is 3.80. The number of nitrogens with zero attached hydrogens (tertiary/aromatic N) is 1. The number of aryl methyl sites for hydroxylation is 1. The van der Waals surface area contributed by atoms with Crippen LogP contribution >= 0.6 is 11.6 Å². The molecule has 19 heavy (non-hydrogen) atoms. The highest BCUT2D eigenvalue weighted by Crippen LogP contribution is 2.15. The molecule has 1 aromatic carbocycles.